The zero-order chi connectivity index (χ0) is 12.6. The molecule has 0 rings (SSSR count). The molecule has 2 amide bonds. The van der Waals surface area contributed by atoms with Crippen molar-refractivity contribution in [3.8, 4) is 11.8 Å². The molecule has 90 valence electrons. The summed E-state index contributed by atoms with van der Waals surface area (Å²) in [5.41, 5.74) is -0.958. The van der Waals surface area contributed by atoms with E-state index in [-0.39, 0.29) is 12.6 Å². The number of hydrogen-bond acceptors (Lipinski definition) is 2. The number of carboxylic acids is 1. The maximum absolute atomic E-state index is 11.2. The zero-order valence-electron chi connectivity index (χ0n) is 9.89. The third kappa shape index (κ3) is 5.91. The Balaban J connectivity index is 3.80. The Hall–Kier alpha value is -1.70. The lowest BCUT2D eigenvalue weighted by atomic mass is 9.94. The predicted octanol–water partition coefficient (Wildman–Crippen LogP) is 0.810. The van der Waals surface area contributed by atoms with E-state index in [4.69, 9.17) is 5.11 Å². The molecule has 16 heavy (non-hydrogen) atoms. The van der Waals surface area contributed by atoms with Gasteiger partial charge in [-0.25, -0.2) is 4.79 Å². The van der Waals surface area contributed by atoms with Crippen LogP contribution in [0, 0.1) is 17.3 Å². The second kappa shape index (κ2) is 6.72. The summed E-state index contributed by atoms with van der Waals surface area (Å²) in [6.45, 7) is 5.39. The second-order valence-corrected chi connectivity index (χ2v) is 3.98. The van der Waals surface area contributed by atoms with Crippen molar-refractivity contribution in [2.45, 2.75) is 27.2 Å². The first-order valence-electron chi connectivity index (χ1n) is 5.05. The van der Waals surface area contributed by atoms with Gasteiger partial charge in [-0.05, 0) is 20.8 Å². The molecule has 0 aliphatic heterocycles. The number of nitrogens with one attached hydrogen (secondary N) is 2. The standard InChI is InChI=1S/C11H18N2O3/c1-4-5-6-7-12-10(16)13-8-11(2,3)9(14)15/h6-8H2,1-3H3,(H,14,15)(H2,12,13,16). The first kappa shape index (κ1) is 14.3. The highest BCUT2D eigenvalue weighted by atomic mass is 16.4. The average molecular weight is 226 g/mol. The molecule has 0 unspecified atom stereocenters. The fourth-order valence-corrected chi connectivity index (χ4v) is 0.803. The molecule has 5 heteroatoms. The van der Waals surface area contributed by atoms with E-state index in [0.717, 1.165) is 0 Å². The fourth-order valence-electron chi connectivity index (χ4n) is 0.803. The van der Waals surface area contributed by atoms with Gasteiger partial charge in [0.1, 0.15) is 0 Å². The van der Waals surface area contributed by atoms with Crippen LogP contribution in [0.15, 0.2) is 0 Å². The van der Waals surface area contributed by atoms with Gasteiger partial charge in [-0.1, -0.05) is 0 Å². The topological polar surface area (TPSA) is 78.4 Å². The summed E-state index contributed by atoms with van der Waals surface area (Å²) in [4.78, 5) is 22.0. The van der Waals surface area contributed by atoms with Crippen molar-refractivity contribution in [3.05, 3.63) is 0 Å². The van der Waals surface area contributed by atoms with Gasteiger partial charge in [0, 0.05) is 19.5 Å². The lowest BCUT2D eigenvalue weighted by Gasteiger charge is -2.19. The van der Waals surface area contributed by atoms with E-state index in [1.54, 1.807) is 20.8 Å². The van der Waals surface area contributed by atoms with Crippen molar-refractivity contribution in [3.63, 3.8) is 0 Å². The van der Waals surface area contributed by atoms with Gasteiger partial charge < -0.3 is 15.7 Å². The van der Waals surface area contributed by atoms with Crippen LogP contribution in [0.1, 0.15) is 27.2 Å². The summed E-state index contributed by atoms with van der Waals surface area (Å²) in [6.07, 6.45) is 0.590. The van der Waals surface area contributed by atoms with E-state index in [1.165, 1.54) is 0 Å². The minimum Gasteiger partial charge on any atom is -0.481 e. The molecule has 0 atom stereocenters. The van der Waals surface area contributed by atoms with E-state index in [0.29, 0.717) is 13.0 Å². The Labute approximate surface area is 95.6 Å². The molecule has 5 nitrogen and oxygen atoms in total. The van der Waals surface area contributed by atoms with Crippen molar-refractivity contribution in [2.24, 2.45) is 5.41 Å². The average Bonchev–Trinajstić information content (AvgIpc) is 2.21. The highest BCUT2D eigenvalue weighted by molar-refractivity contribution is 5.77. The maximum atomic E-state index is 11.2. The molecule has 0 aromatic rings. The number of rotatable bonds is 5. The van der Waals surface area contributed by atoms with Crippen LogP contribution in [0.3, 0.4) is 0 Å². The van der Waals surface area contributed by atoms with Crippen molar-refractivity contribution >= 4 is 12.0 Å². The van der Waals surface area contributed by atoms with Gasteiger partial charge >= 0.3 is 12.0 Å². The number of urea groups is 1. The van der Waals surface area contributed by atoms with Crippen LogP contribution in [-0.4, -0.2) is 30.2 Å². The summed E-state index contributed by atoms with van der Waals surface area (Å²) in [6, 6.07) is -0.368. The van der Waals surface area contributed by atoms with Crippen LogP contribution < -0.4 is 10.6 Å². The number of carbonyl (C=O) groups excluding carboxylic acids is 1. The molecule has 0 spiro atoms. The van der Waals surface area contributed by atoms with Crippen molar-refractivity contribution in [1.82, 2.24) is 10.6 Å². The molecule has 0 saturated heterocycles. The Morgan fingerprint density at radius 1 is 1.31 bits per heavy atom. The van der Waals surface area contributed by atoms with Crippen molar-refractivity contribution in [1.29, 1.82) is 0 Å². The minimum atomic E-state index is -0.958. The van der Waals surface area contributed by atoms with Crippen LogP contribution in [0.5, 0.6) is 0 Å². The first-order chi connectivity index (χ1) is 7.40. The number of hydrogen-bond donors (Lipinski definition) is 3. The SMILES string of the molecule is CC#CCCNC(=O)NCC(C)(C)C(=O)O. The first-order valence-corrected chi connectivity index (χ1v) is 5.05. The van der Waals surface area contributed by atoms with E-state index in [9.17, 15) is 9.59 Å². The van der Waals surface area contributed by atoms with Gasteiger partial charge in [-0.2, -0.15) is 0 Å². The van der Waals surface area contributed by atoms with Crippen LogP contribution in [-0.2, 0) is 4.79 Å². The number of aliphatic carboxylic acids is 1. The molecule has 0 aliphatic rings. The molecule has 0 saturated carbocycles. The third-order valence-corrected chi connectivity index (χ3v) is 1.98. The van der Waals surface area contributed by atoms with E-state index >= 15 is 0 Å². The van der Waals surface area contributed by atoms with Crippen molar-refractivity contribution < 1.29 is 14.7 Å². The van der Waals surface area contributed by atoms with Crippen LogP contribution in [0.25, 0.3) is 0 Å². The molecule has 0 fully saturated rings. The van der Waals surface area contributed by atoms with Crippen LogP contribution in [0.2, 0.25) is 0 Å². The van der Waals surface area contributed by atoms with Crippen LogP contribution >= 0.6 is 0 Å². The molecule has 0 aromatic heterocycles. The Bertz CT molecular complexity index is 313. The molecule has 0 aromatic carbocycles. The highest BCUT2D eigenvalue weighted by Crippen LogP contribution is 2.12. The normalized spacial score (nSPS) is 9.94. The van der Waals surface area contributed by atoms with Gasteiger partial charge in [0.05, 0.1) is 5.41 Å². The lowest BCUT2D eigenvalue weighted by Crippen LogP contribution is -2.43. The fraction of sp³-hybridized carbons (Fsp3) is 0.636. The number of amides is 2. The monoisotopic (exact) mass is 226 g/mol. The van der Waals surface area contributed by atoms with Gasteiger partial charge in [0.2, 0.25) is 0 Å². The molecular formula is C11H18N2O3. The number of carbonyl (C=O) groups is 2. The molecular weight excluding hydrogens is 208 g/mol. The minimum absolute atomic E-state index is 0.0909. The summed E-state index contributed by atoms with van der Waals surface area (Å²) < 4.78 is 0. The van der Waals surface area contributed by atoms with E-state index in [1.807, 2.05) is 0 Å². The quantitative estimate of drug-likeness (QED) is 0.479. The molecule has 0 heterocycles. The molecule has 3 N–H and O–H groups in total. The number of carboxylic acid groups (broad SMARTS) is 1. The van der Waals surface area contributed by atoms with Crippen molar-refractivity contribution in [2.75, 3.05) is 13.1 Å². The summed E-state index contributed by atoms with van der Waals surface area (Å²) in [7, 11) is 0. The van der Waals surface area contributed by atoms with E-state index in [2.05, 4.69) is 22.5 Å². The predicted molar refractivity (Wildman–Crippen MR) is 60.9 cm³/mol. The Kier molecular flexibility index (Phi) is 6.01. The summed E-state index contributed by atoms with van der Waals surface area (Å²) in [5, 5.41) is 13.9. The lowest BCUT2D eigenvalue weighted by molar-refractivity contribution is -0.146. The molecule has 0 aliphatic carbocycles. The van der Waals surface area contributed by atoms with Gasteiger partial charge in [-0.3, -0.25) is 4.79 Å². The Morgan fingerprint density at radius 2 is 1.94 bits per heavy atom. The summed E-state index contributed by atoms with van der Waals surface area (Å²) in [5.74, 6) is 4.58. The van der Waals surface area contributed by atoms with Crippen LogP contribution in [0.4, 0.5) is 4.79 Å². The van der Waals surface area contributed by atoms with Gasteiger partial charge in [0.15, 0.2) is 0 Å². The Morgan fingerprint density at radius 3 is 2.44 bits per heavy atom. The largest absolute Gasteiger partial charge is 0.481 e. The maximum Gasteiger partial charge on any atom is 0.314 e. The molecule has 0 radical (unpaired) electrons. The second-order valence-electron chi connectivity index (χ2n) is 3.98. The van der Waals surface area contributed by atoms with Gasteiger partial charge in [0.25, 0.3) is 0 Å². The highest BCUT2D eigenvalue weighted by Gasteiger charge is 2.27. The van der Waals surface area contributed by atoms with Gasteiger partial charge in [-0.15, -0.1) is 11.8 Å². The summed E-state index contributed by atoms with van der Waals surface area (Å²) >= 11 is 0. The smallest absolute Gasteiger partial charge is 0.314 e. The van der Waals surface area contributed by atoms with E-state index < -0.39 is 11.4 Å². The third-order valence-electron chi connectivity index (χ3n) is 1.98. The molecule has 0 bridgehead atoms. The zero-order valence-corrected chi connectivity index (χ0v) is 9.89.